The van der Waals surface area contributed by atoms with Gasteiger partial charge < -0.3 is 19.9 Å². The molecule has 1 atom stereocenters. The molecule has 5 nitrogen and oxygen atoms in total. The molecule has 1 unspecified atom stereocenters. The molecule has 0 aromatic heterocycles. The summed E-state index contributed by atoms with van der Waals surface area (Å²) in [5.74, 6) is 0.115. The Morgan fingerprint density at radius 1 is 1.29 bits per heavy atom. The highest BCUT2D eigenvalue weighted by Crippen LogP contribution is 2.39. The Labute approximate surface area is 125 Å². The molecule has 1 saturated heterocycles. The first-order valence-corrected chi connectivity index (χ1v) is 6.99. The maximum absolute atomic E-state index is 12.3. The minimum atomic E-state index is -0.510. The average Bonchev–Trinajstić information content (AvgIpc) is 2.56. The summed E-state index contributed by atoms with van der Waals surface area (Å²) in [7, 11) is 1.53. The van der Waals surface area contributed by atoms with Gasteiger partial charge in [-0.25, -0.2) is 4.79 Å². The van der Waals surface area contributed by atoms with Crippen LogP contribution in [0, 0.1) is 0 Å². The minimum Gasteiger partial charge on any atom is -0.497 e. The van der Waals surface area contributed by atoms with Crippen LogP contribution in [0.5, 0.6) is 5.75 Å². The van der Waals surface area contributed by atoms with Crippen LogP contribution in [0.3, 0.4) is 0 Å². The zero-order chi connectivity index (χ0) is 15.8. The predicted octanol–water partition coefficient (Wildman–Crippen LogP) is 2.78. The van der Waals surface area contributed by atoms with Crippen LogP contribution in [0.4, 0.5) is 5.69 Å². The summed E-state index contributed by atoms with van der Waals surface area (Å²) in [6.07, 6.45) is 0.359. The number of nitrogen functional groups attached to an aromatic ring is 1. The lowest BCUT2D eigenvalue weighted by molar-refractivity contribution is -0.0924. The van der Waals surface area contributed by atoms with Crippen molar-refractivity contribution in [3.63, 3.8) is 0 Å². The third-order valence-corrected chi connectivity index (χ3v) is 3.64. The highest BCUT2D eigenvalue weighted by atomic mass is 16.6. The Balaban J connectivity index is 2.17. The quantitative estimate of drug-likeness (QED) is 0.685. The molecule has 1 heterocycles. The van der Waals surface area contributed by atoms with E-state index in [2.05, 4.69) is 0 Å². The summed E-state index contributed by atoms with van der Waals surface area (Å²) < 4.78 is 16.7. The Morgan fingerprint density at radius 3 is 2.48 bits per heavy atom. The van der Waals surface area contributed by atoms with Crippen molar-refractivity contribution < 1.29 is 19.0 Å². The maximum Gasteiger partial charge on any atom is 0.338 e. The van der Waals surface area contributed by atoms with Crippen molar-refractivity contribution in [3.05, 3.63) is 23.8 Å². The number of hydrogen-bond acceptors (Lipinski definition) is 5. The van der Waals surface area contributed by atoms with Crippen molar-refractivity contribution in [2.24, 2.45) is 0 Å². The van der Waals surface area contributed by atoms with E-state index in [9.17, 15) is 4.79 Å². The molecule has 1 fully saturated rings. The summed E-state index contributed by atoms with van der Waals surface area (Å²) in [6.45, 7) is 7.84. The first kappa shape index (κ1) is 15.6. The van der Waals surface area contributed by atoms with Crippen LogP contribution in [0.15, 0.2) is 18.2 Å². The largest absolute Gasteiger partial charge is 0.497 e. The third-order valence-electron chi connectivity index (χ3n) is 3.64. The van der Waals surface area contributed by atoms with E-state index in [4.69, 9.17) is 19.9 Å². The van der Waals surface area contributed by atoms with E-state index < -0.39 is 11.6 Å². The third kappa shape index (κ3) is 3.47. The number of benzene rings is 1. The van der Waals surface area contributed by atoms with Crippen molar-refractivity contribution in [2.75, 3.05) is 12.8 Å². The molecular weight excluding hydrogens is 270 g/mol. The lowest BCUT2D eigenvalue weighted by Crippen LogP contribution is -2.36. The number of carbonyl (C=O) groups is 1. The molecule has 1 aromatic rings. The molecule has 0 bridgehead atoms. The van der Waals surface area contributed by atoms with E-state index in [1.165, 1.54) is 7.11 Å². The van der Waals surface area contributed by atoms with Crippen LogP contribution >= 0.6 is 0 Å². The highest BCUT2D eigenvalue weighted by Gasteiger charge is 2.48. The molecule has 1 aliphatic heterocycles. The number of methoxy groups -OCH3 is 1. The van der Waals surface area contributed by atoms with Crippen molar-refractivity contribution in [3.8, 4) is 5.75 Å². The van der Waals surface area contributed by atoms with E-state index >= 15 is 0 Å². The number of nitrogens with two attached hydrogens (primary N) is 1. The van der Waals surface area contributed by atoms with Crippen LogP contribution in [0.25, 0.3) is 0 Å². The molecular formula is C16H23NO4. The maximum atomic E-state index is 12.3. The van der Waals surface area contributed by atoms with Crippen molar-refractivity contribution >= 4 is 11.7 Å². The molecule has 2 N–H and O–H groups in total. The summed E-state index contributed by atoms with van der Waals surface area (Å²) in [6, 6.07) is 4.86. The van der Waals surface area contributed by atoms with Gasteiger partial charge in [0.25, 0.3) is 0 Å². The molecule has 21 heavy (non-hydrogen) atoms. The fourth-order valence-corrected chi connectivity index (χ4v) is 2.75. The molecule has 116 valence electrons. The number of hydrogen-bond donors (Lipinski definition) is 1. The average molecular weight is 293 g/mol. The van der Waals surface area contributed by atoms with Gasteiger partial charge in [-0.3, -0.25) is 0 Å². The van der Waals surface area contributed by atoms with E-state index in [0.29, 0.717) is 23.4 Å². The summed E-state index contributed by atoms with van der Waals surface area (Å²) in [5, 5.41) is 0. The van der Waals surface area contributed by atoms with Crippen molar-refractivity contribution in [1.29, 1.82) is 0 Å². The van der Waals surface area contributed by atoms with Crippen LogP contribution in [-0.2, 0) is 9.47 Å². The lowest BCUT2D eigenvalue weighted by Gasteiger charge is -2.26. The van der Waals surface area contributed by atoms with Gasteiger partial charge in [0.2, 0.25) is 0 Å². The molecule has 0 aliphatic carbocycles. The van der Waals surface area contributed by atoms with Gasteiger partial charge in [-0.1, -0.05) is 0 Å². The minimum absolute atomic E-state index is 0.299. The zero-order valence-corrected chi connectivity index (χ0v) is 13.2. The number of ether oxygens (including phenoxy) is 3. The Morgan fingerprint density at radius 2 is 1.95 bits per heavy atom. The fraction of sp³-hybridized carbons (Fsp3) is 0.562. The molecule has 0 radical (unpaired) electrons. The van der Waals surface area contributed by atoms with Gasteiger partial charge in [-0.05, 0) is 39.8 Å². The lowest BCUT2D eigenvalue weighted by atomic mass is 9.97. The molecule has 5 heteroatoms. The SMILES string of the molecule is COc1cc(N)cc(C(=O)OC2CC(C)(C)OC2(C)C)c1. The first-order valence-electron chi connectivity index (χ1n) is 6.99. The molecule has 2 rings (SSSR count). The van der Waals surface area contributed by atoms with Crippen molar-refractivity contribution in [1.82, 2.24) is 0 Å². The highest BCUT2D eigenvalue weighted by molar-refractivity contribution is 5.91. The first-order chi connectivity index (χ1) is 9.63. The predicted molar refractivity (Wildman–Crippen MR) is 80.5 cm³/mol. The van der Waals surface area contributed by atoms with Gasteiger partial charge in [0, 0.05) is 18.2 Å². The topological polar surface area (TPSA) is 70.8 Å². The summed E-state index contributed by atoms with van der Waals surface area (Å²) in [5.41, 5.74) is 5.79. The molecule has 0 amide bonds. The smallest absolute Gasteiger partial charge is 0.338 e. The van der Waals surface area contributed by atoms with Crippen molar-refractivity contribution in [2.45, 2.75) is 51.4 Å². The Hall–Kier alpha value is -1.75. The standard InChI is InChI=1S/C16H23NO4/c1-15(2)9-13(16(3,4)21-15)20-14(18)10-6-11(17)8-12(7-10)19-5/h6-8,13H,9,17H2,1-5H3. The van der Waals surface area contributed by atoms with Gasteiger partial charge in [-0.2, -0.15) is 0 Å². The second kappa shape index (κ2) is 5.22. The monoisotopic (exact) mass is 293 g/mol. The van der Waals surface area contributed by atoms with Gasteiger partial charge in [0.1, 0.15) is 17.5 Å². The second-order valence-electron chi connectivity index (χ2n) is 6.56. The summed E-state index contributed by atoms with van der Waals surface area (Å²) in [4.78, 5) is 12.3. The molecule has 1 aliphatic rings. The molecule has 0 spiro atoms. The number of esters is 1. The van der Waals surface area contributed by atoms with E-state index in [-0.39, 0.29) is 11.7 Å². The Bertz CT molecular complexity index is 551. The van der Waals surface area contributed by atoms with Gasteiger partial charge in [0.05, 0.1) is 18.3 Å². The summed E-state index contributed by atoms with van der Waals surface area (Å²) >= 11 is 0. The normalized spacial score (nSPS) is 22.8. The van der Waals surface area contributed by atoms with E-state index in [1.54, 1.807) is 18.2 Å². The van der Waals surface area contributed by atoms with Crippen LogP contribution in [0.2, 0.25) is 0 Å². The van der Waals surface area contributed by atoms with Crippen LogP contribution in [-0.4, -0.2) is 30.4 Å². The molecule has 0 saturated carbocycles. The second-order valence-corrected chi connectivity index (χ2v) is 6.56. The Kier molecular flexibility index (Phi) is 3.89. The number of carbonyl (C=O) groups excluding carboxylic acids is 1. The number of anilines is 1. The fourth-order valence-electron chi connectivity index (χ4n) is 2.75. The van der Waals surface area contributed by atoms with E-state index in [0.717, 1.165) is 0 Å². The van der Waals surface area contributed by atoms with Gasteiger partial charge >= 0.3 is 5.97 Å². The van der Waals surface area contributed by atoms with Gasteiger partial charge in [-0.15, -0.1) is 0 Å². The molecule has 1 aromatic carbocycles. The van der Waals surface area contributed by atoms with Crippen LogP contribution < -0.4 is 10.5 Å². The zero-order valence-electron chi connectivity index (χ0n) is 13.2. The van der Waals surface area contributed by atoms with E-state index in [1.807, 2.05) is 27.7 Å². The van der Waals surface area contributed by atoms with Crippen LogP contribution in [0.1, 0.15) is 44.5 Å². The number of rotatable bonds is 3. The van der Waals surface area contributed by atoms with Gasteiger partial charge in [0.15, 0.2) is 0 Å².